The molecule has 76 valence electrons. The lowest BCUT2D eigenvalue weighted by Gasteiger charge is -2.16. The molecule has 1 unspecified atom stereocenters. The molecule has 1 atom stereocenters. The van der Waals surface area contributed by atoms with Crippen LogP contribution < -0.4 is 10.6 Å². The Labute approximate surface area is 92.0 Å². The van der Waals surface area contributed by atoms with E-state index in [1.165, 1.54) is 0 Å². The minimum atomic E-state index is 0.174. The third-order valence-electron chi connectivity index (χ3n) is 2.20. The van der Waals surface area contributed by atoms with Crippen LogP contribution in [0.3, 0.4) is 0 Å². The number of hydrogen-bond acceptors (Lipinski definition) is 4. The van der Waals surface area contributed by atoms with Gasteiger partial charge in [0, 0.05) is 25.2 Å². The van der Waals surface area contributed by atoms with Gasteiger partial charge in [0.2, 0.25) is 5.28 Å². The van der Waals surface area contributed by atoms with E-state index in [-0.39, 0.29) is 11.3 Å². The molecule has 1 aliphatic rings. The van der Waals surface area contributed by atoms with Crippen LogP contribution >= 0.6 is 23.2 Å². The van der Waals surface area contributed by atoms with Gasteiger partial charge >= 0.3 is 0 Å². The highest BCUT2D eigenvalue weighted by molar-refractivity contribution is 6.32. The van der Waals surface area contributed by atoms with Gasteiger partial charge in [0.25, 0.3) is 0 Å². The number of aromatic nitrogens is 2. The normalized spacial score (nSPS) is 21.6. The Morgan fingerprint density at radius 3 is 2.79 bits per heavy atom. The molecule has 1 aromatic rings. The predicted octanol–water partition coefficient (Wildman–Crippen LogP) is 1.32. The highest BCUT2D eigenvalue weighted by atomic mass is 35.5. The Balaban J connectivity index is 2.23. The fourth-order valence-electron chi connectivity index (χ4n) is 1.54. The zero-order chi connectivity index (χ0) is 10.1. The van der Waals surface area contributed by atoms with E-state index in [1.54, 1.807) is 6.07 Å². The second kappa shape index (κ2) is 3.88. The summed E-state index contributed by atoms with van der Waals surface area (Å²) in [6.45, 7) is 1.69. The average Bonchev–Trinajstić information content (AvgIpc) is 2.50. The summed E-state index contributed by atoms with van der Waals surface area (Å²) in [6, 6.07) is 1.91. The summed E-state index contributed by atoms with van der Waals surface area (Å²) in [5.41, 5.74) is 5.79. The van der Waals surface area contributed by atoms with Gasteiger partial charge in [-0.2, -0.15) is 0 Å². The number of rotatable bonds is 1. The lowest BCUT2D eigenvalue weighted by Crippen LogP contribution is -2.26. The molecule has 0 bridgehead atoms. The Bertz CT molecular complexity index is 324. The Morgan fingerprint density at radius 1 is 1.43 bits per heavy atom. The summed E-state index contributed by atoms with van der Waals surface area (Å²) in [4.78, 5) is 9.94. The summed E-state index contributed by atoms with van der Waals surface area (Å²) < 4.78 is 0. The van der Waals surface area contributed by atoms with Crippen LogP contribution in [0, 0.1) is 0 Å². The monoisotopic (exact) mass is 232 g/mol. The molecular weight excluding hydrogens is 223 g/mol. The number of anilines is 1. The first-order valence-corrected chi connectivity index (χ1v) is 5.11. The van der Waals surface area contributed by atoms with Crippen molar-refractivity contribution in [2.45, 2.75) is 12.5 Å². The zero-order valence-electron chi connectivity index (χ0n) is 7.45. The van der Waals surface area contributed by atoms with Crippen molar-refractivity contribution in [2.75, 3.05) is 18.0 Å². The van der Waals surface area contributed by atoms with Crippen molar-refractivity contribution >= 4 is 29.0 Å². The lowest BCUT2D eigenvalue weighted by atomic mass is 10.3. The molecule has 0 aromatic carbocycles. The third kappa shape index (κ3) is 2.08. The third-order valence-corrected chi connectivity index (χ3v) is 2.57. The van der Waals surface area contributed by atoms with Gasteiger partial charge in [-0.15, -0.1) is 0 Å². The minimum Gasteiger partial charge on any atom is -0.355 e. The van der Waals surface area contributed by atoms with E-state index in [0.717, 1.165) is 25.3 Å². The highest BCUT2D eigenvalue weighted by Gasteiger charge is 2.20. The molecule has 0 saturated carbocycles. The summed E-state index contributed by atoms with van der Waals surface area (Å²) >= 11 is 11.5. The molecule has 0 spiro atoms. The number of nitrogens with two attached hydrogens (primary N) is 1. The number of halogens is 2. The molecule has 4 nitrogen and oxygen atoms in total. The number of hydrogen-bond donors (Lipinski definition) is 1. The first kappa shape index (κ1) is 9.96. The van der Waals surface area contributed by atoms with Crippen LogP contribution in [0.1, 0.15) is 6.42 Å². The van der Waals surface area contributed by atoms with E-state index in [9.17, 15) is 0 Å². The smallest absolute Gasteiger partial charge is 0.225 e. The maximum absolute atomic E-state index is 5.79. The van der Waals surface area contributed by atoms with Gasteiger partial charge in [-0.1, -0.05) is 11.6 Å². The lowest BCUT2D eigenvalue weighted by molar-refractivity contribution is 0.751. The fourth-order valence-corrected chi connectivity index (χ4v) is 1.93. The Kier molecular flexibility index (Phi) is 2.76. The molecule has 0 amide bonds. The molecule has 0 aliphatic carbocycles. The van der Waals surface area contributed by atoms with Crippen LogP contribution in [0.4, 0.5) is 5.82 Å². The van der Waals surface area contributed by atoms with E-state index < -0.39 is 0 Å². The molecule has 2 heterocycles. The molecular formula is C8H10Cl2N4. The molecule has 1 aromatic heterocycles. The van der Waals surface area contributed by atoms with Crippen molar-refractivity contribution in [3.8, 4) is 0 Å². The zero-order valence-corrected chi connectivity index (χ0v) is 8.96. The van der Waals surface area contributed by atoms with Crippen LogP contribution in [0.15, 0.2) is 6.07 Å². The molecule has 14 heavy (non-hydrogen) atoms. The van der Waals surface area contributed by atoms with Crippen LogP contribution in [-0.4, -0.2) is 29.1 Å². The first-order valence-electron chi connectivity index (χ1n) is 4.36. The Hall–Kier alpha value is -0.580. The van der Waals surface area contributed by atoms with Gasteiger partial charge < -0.3 is 10.6 Å². The van der Waals surface area contributed by atoms with Crippen LogP contribution in [0.25, 0.3) is 0 Å². The molecule has 0 radical (unpaired) electrons. The van der Waals surface area contributed by atoms with E-state index in [0.29, 0.717) is 5.15 Å². The van der Waals surface area contributed by atoms with E-state index in [1.807, 2.05) is 0 Å². The van der Waals surface area contributed by atoms with Gasteiger partial charge in [-0.25, -0.2) is 9.97 Å². The molecule has 1 fully saturated rings. The van der Waals surface area contributed by atoms with Crippen LogP contribution in [0.5, 0.6) is 0 Å². The first-order chi connectivity index (χ1) is 6.65. The van der Waals surface area contributed by atoms with Crippen molar-refractivity contribution in [3.05, 3.63) is 16.5 Å². The Morgan fingerprint density at radius 2 is 2.21 bits per heavy atom. The largest absolute Gasteiger partial charge is 0.355 e. The quantitative estimate of drug-likeness (QED) is 0.587. The molecule has 2 N–H and O–H groups in total. The summed E-state index contributed by atoms with van der Waals surface area (Å²) in [6.07, 6.45) is 0.971. The van der Waals surface area contributed by atoms with Crippen LogP contribution in [0.2, 0.25) is 10.4 Å². The average molecular weight is 233 g/mol. The van der Waals surface area contributed by atoms with Crippen molar-refractivity contribution in [3.63, 3.8) is 0 Å². The van der Waals surface area contributed by atoms with Crippen molar-refractivity contribution < 1.29 is 0 Å². The van der Waals surface area contributed by atoms with Gasteiger partial charge in [0.15, 0.2) is 0 Å². The maximum Gasteiger partial charge on any atom is 0.225 e. The fraction of sp³-hybridized carbons (Fsp3) is 0.500. The molecule has 2 rings (SSSR count). The van der Waals surface area contributed by atoms with Gasteiger partial charge in [-0.3, -0.25) is 0 Å². The minimum absolute atomic E-state index is 0.174. The predicted molar refractivity (Wildman–Crippen MR) is 56.9 cm³/mol. The molecule has 6 heteroatoms. The van der Waals surface area contributed by atoms with Crippen molar-refractivity contribution in [1.82, 2.24) is 9.97 Å². The molecule has 1 saturated heterocycles. The van der Waals surface area contributed by atoms with Gasteiger partial charge in [-0.05, 0) is 18.0 Å². The summed E-state index contributed by atoms with van der Waals surface area (Å²) in [5.74, 6) is 0.753. The van der Waals surface area contributed by atoms with E-state index in [4.69, 9.17) is 28.9 Å². The topological polar surface area (TPSA) is 55.0 Å². The van der Waals surface area contributed by atoms with Crippen molar-refractivity contribution in [2.24, 2.45) is 5.73 Å². The summed E-state index contributed by atoms with van der Waals surface area (Å²) in [5, 5.41) is 0.536. The second-order valence-corrected chi connectivity index (χ2v) is 4.04. The van der Waals surface area contributed by atoms with E-state index >= 15 is 0 Å². The van der Waals surface area contributed by atoms with Crippen molar-refractivity contribution in [1.29, 1.82) is 0 Å². The maximum atomic E-state index is 5.79. The van der Waals surface area contributed by atoms with Crippen LogP contribution in [-0.2, 0) is 0 Å². The number of nitrogens with zero attached hydrogens (tertiary/aromatic N) is 3. The summed E-state index contributed by atoms with van der Waals surface area (Å²) in [7, 11) is 0. The van der Waals surface area contributed by atoms with Gasteiger partial charge in [0.1, 0.15) is 11.0 Å². The second-order valence-electron chi connectivity index (χ2n) is 3.31. The SMILES string of the molecule is NC1CCN(c2cc(Cl)nc(Cl)n2)C1. The van der Waals surface area contributed by atoms with E-state index in [2.05, 4.69) is 14.9 Å². The standard InChI is InChI=1S/C8H10Cl2N4/c9-6-3-7(13-8(10)12-6)14-2-1-5(11)4-14/h3,5H,1-2,4,11H2. The highest BCUT2D eigenvalue weighted by Crippen LogP contribution is 2.21. The molecule has 1 aliphatic heterocycles. The van der Waals surface area contributed by atoms with Gasteiger partial charge in [0.05, 0.1) is 0 Å².